The van der Waals surface area contributed by atoms with Crippen LogP contribution in [0.4, 0.5) is 0 Å². The molecule has 1 aliphatic heterocycles. The summed E-state index contributed by atoms with van der Waals surface area (Å²) in [4.78, 5) is 4.49. The standard InChI is InChI=1S/C10H22N4O2/c1-7(6-15-3)12-10(14-11)13-9-4-5-16-8(9)2/h7-9H,4-6,11H2,1-3H3,(H2,12,13,14). The van der Waals surface area contributed by atoms with Crippen molar-refractivity contribution in [1.82, 2.24) is 10.7 Å². The monoisotopic (exact) mass is 230 g/mol. The third kappa shape index (κ3) is 3.96. The summed E-state index contributed by atoms with van der Waals surface area (Å²) in [5.41, 5.74) is 2.57. The van der Waals surface area contributed by atoms with Gasteiger partial charge in [-0.15, -0.1) is 0 Å². The molecule has 0 saturated carbocycles. The normalized spacial score (nSPS) is 27.9. The lowest BCUT2D eigenvalue weighted by atomic mass is 10.2. The Kier molecular flexibility index (Phi) is 5.51. The maximum absolute atomic E-state index is 5.44. The number of guanidine groups is 1. The Labute approximate surface area is 96.6 Å². The average molecular weight is 230 g/mol. The first-order valence-electron chi connectivity index (χ1n) is 5.58. The molecule has 1 heterocycles. The van der Waals surface area contributed by atoms with E-state index in [4.69, 9.17) is 15.3 Å². The van der Waals surface area contributed by atoms with Gasteiger partial charge in [0.05, 0.1) is 18.8 Å². The Morgan fingerprint density at radius 3 is 2.94 bits per heavy atom. The predicted molar refractivity (Wildman–Crippen MR) is 63.1 cm³/mol. The molecule has 0 radical (unpaired) electrons. The number of aliphatic imine (C=N–C) groups is 1. The van der Waals surface area contributed by atoms with Gasteiger partial charge >= 0.3 is 0 Å². The molecular weight excluding hydrogens is 208 g/mol. The highest BCUT2D eigenvalue weighted by molar-refractivity contribution is 5.79. The Bertz CT molecular complexity index is 235. The third-order valence-electron chi connectivity index (χ3n) is 2.57. The Balaban J connectivity index is 2.48. The molecule has 0 aromatic heterocycles. The molecule has 6 nitrogen and oxygen atoms in total. The SMILES string of the molecule is COCC(C)NC(=NC1CCOC1C)NN. The first kappa shape index (κ1) is 13.2. The Morgan fingerprint density at radius 1 is 1.69 bits per heavy atom. The molecule has 1 saturated heterocycles. The molecule has 4 N–H and O–H groups in total. The number of hydrogen-bond donors (Lipinski definition) is 3. The first-order valence-corrected chi connectivity index (χ1v) is 5.58. The minimum atomic E-state index is 0.155. The zero-order valence-corrected chi connectivity index (χ0v) is 10.2. The van der Waals surface area contributed by atoms with E-state index in [1.165, 1.54) is 0 Å². The van der Waals surface area contributed by atoms with Crippen molar-refractivity contribution in [2.24, 2.45) is 10.8 Å². The second kappa shape index (κ2) is 6.67. The van der Waals surface area contributed by atoms with E-state index in [9.17, 15) is 0 Å². The van der Waals surface area contributed by atoms with Gasteiger partial charge in [0, 0.05) is 19.8 Å². The summed E-state index contributed by atoms with van der Waals surface area (Å²) in [6.45, 7) is 5.40. The fourth-order valence-electron chi connectivity index (χ4n) is 1.70. The number of rotatable bonds is 4. The van der Waals surface area contributed by atoms with Crippen molar-refractivity contribution >= 4 is 5.96 Å². The van der Waals surface area contributed by atoms with Crippen LogP contribution in [0.2, 0.25) is 0 Å². The molecular formula is C10H22N4O2. The van der Waals surface area contributed by atoms with Gasteiger partial charge in [0.1, 0.15) is 0 Å². The predicted octanol–water partition coefficient (Wildman–Crippen LogP) is -0.392. The van der Waals surface area contributed by atoms with Crippen molar-refractivity contribution < 1.29 is 9.47 Å². The summed E-state index contributed by atoms with van der Waals surface area (Å²) in [6, 6.07) is 0.339. The van der Waals surface area contributed by atoms with Gasteiger partial charge in [-0.2, -0.15) is 0 Å². The highest BCUT2D eigenvalue weighted by Gasteiger charge is 2.24. The maximum atomic E-state index is 5.44. The lowest BCUT2D eigenvalue weighted by Crippen LogP contribution is -2.47. The van der Waals surface area contributed by atoms with E-state index < -0.39 is 0 Å². The van der Waals surface area contributed by atoms with E-state index in [2.05, 4.69) is 15.7 Å². The summed E-state index contributed by atoms with van der Waals surface area (Å²) in [6.07, 6.45) is 1.09. The number of ether oxygens (including phenoxy) is 2. The summed E-state index contributed by atoms with van der Waals surface area (Å²) in [5, 5.41) is 3.15. The van der Waals surface area contributed by atoms with Crippen LogP contribution in [-0.2, 0) is 9.47 Å². The largest absolute Gasteiger partial charge is 0.383 e. The molecule has 94 valence electrons. The second-order valence-electron chi connectivity index (χ2n) is 4.05. The first-order chi connectivity index (χ1) is 7.67. The molecule has 1 aliphatic rings. The van der Waals surface area contributed by atoms with Gasteiger partial charge in [-0.1, -0.05) is 0 Å². The minimum Gasteiger partial charge on any atom is -0.383 e. The van der Waals surface area contributed by atoms with Crippen LogP contribution in [0.3, 0.4) is 0 Å². The molecule has 1 fully saturated rings. The van der Waals surface area contributed by atoms with Crippen LogP contribution in [0.1, 0.15) is 20.3 Å². The molecule has 0 amide bonds. The van der Waals surface area contributed by atoms with Gasteiger partial charge < -0.3 is 14.8 Å². The molecule has 0 aromatic rings. The summed E-state index contributed by atoms with van der Waals surface area (Å²) >= 11 is 0. The number of nitrogens with two attached hydrogens (primary N) is 1. The van der Waals surface area contributed by atoms with E-state index in [0.717, 1.165) is 13.0 Å². The summed E-state index contributed by atoms with van der Waals surface area (Å²) in [5.74, 6) is 6.01. The Morgan fingerprint density at radius 2 is 2.44 bits per heavy atom. The molecule has 0 aliphatic carbocycles. The van der Waals surface area contributed by atoms with Gasteiger partial charge in [-0.3, -0.25) is 5.43 Å². The molecule has 0 bridgehead atoms. The summed E-state index contributed by atoms with van der Waals surface area (Å²) < 4.78 is 10.5. The molecule has 0 aromatic carbocycles. The number of nitrogens with zero attached hydrogens (tertiary/aromatic N) is 1. The van der Waals surface area contributed by atoms with E-state index in [1.807, 2.05) is 13.8 Å². The van der Waals surface area contributed by atoms with E-state index >= 15 is 0 Å². The number of nitrogens with one attached hydrogen (secondary N) is 2. The lowest BCUT2D eigenvalue weighted by Gasteiger charge is -2.17. The van der Waals surface area contributed by atoms with Crippen LogP contribution >= 0.6 is 0 Å². The van der Waals surface area contributed by atoms with Gasteiger partial charge in [0.15, 0.2) is 0 Å². The minimum absolute atomic E-state index is 0.155. The lowest BCUT2D eigenvalue weighted by molar-refractivity contribution is 0.119. The topological polar surface area (TPSA) is 80.9 Å². The van der Waals surface area contributed by atoms with E-state index in [-0.39, 0.29) is 18.2 Å². The van der Waals surface area contributed by atoms with E-state index in [1.54, 1.807) is 7.11 Å². The van der Waals surface area contributed by atoms with Crippen molar-refractivity contribution in [3.05, 3.63) is 0 Å². The van der Waals surface area contributed by atoms with Crippen molar-refractivity contribution in [3.63, 3.8) is 0 Å². The maximum Gasteiger partial charge on any atom is 0.206 e. The molecule has 3 atom stereocenters. The van der Waals surface area contributed by atoms with Gasteiger partial charge in [-0.05, 0) is 20.3 Å². The van der Waals surface area contributed by atoms with Crippen molar-refractivity contribution in [2.45, 2.75) is 38.5 Å². The van der Waals surface area contributed by atoms with Crippen molar-refractivity contribution in [1.29, 1.82) is 0 Å². The van der Waals surface area contributed by atoms with Crippen LogP contribution in [0.5, 0.6) is 0 Å². The van der Waals surface area contributed by atoms with E-state index in [0.29, 0.717) is 12.6 Å². The van der Waals surface area contributed by atoms with Crippen LogP contribution in [-0.4, -0.2) is 44.5 Å². The van der Waals surface area contributed by atoms with Crippen LogP contribution in [0.25, 0.3) is 0 Å². The van der Waals surface area contributed by atoms with Gasteiger partial charge in [-0.25, -0.2) is 10.8 Å². The second-order valence-corrected chi connectivity index (χ2v) is 4.05. The Hall–Kier alpha value is -0.850. The quantitative estimate of drug-likeness (QED) is 0.265. The summed E-state index contributed by atoms with van der Waals surface area (Å²) in [7, 11) is 1.66. The molecule has 6 heteroatoms. The van der Waals surface area contributed by atoms with Crippen LogP contribution in [0, 0.1) is 0 Å². The van der Waals surface area contributed by atoms with Crippen molar-refractivity contribution in [3.8, 4) is 0 Å². The molecule has 3 unspecified atom stereocenters. The van der Waals surface area contributed by atoms with Crippen LogP contribution in [0.15, 0.2) is 4.99 Å². The molecule has 1 rings (SSSR count). The van der Waals surface area contributed by atoms with Gasteiger partial charge in [0.2, 0.25) is 5.96 Å². The molecule has 16 heavy (non-hydrogen) atoms. The zero-order chi connectivity index (χ0) is 12.0. The fourth-order valence-corrected chi connectivity index (χ4v) is 1.70. The fraction of sp³-hybridized carbons (Fsp3) is 0.900. The third-order valence-corrected chi connectivity index (χ3v) is 2.57. The van der Waals surface area contributed by atoms with Gasteiger partial charge in [0.25, 0.3) is 0 Å². The number of methoxy groups -OCH3 is 1. The van der Waals surface area contributed by atoms with Crippen LogP contribution < -0.4 is 16.6 Å². The van der Waals surface area contributed by atoms with Crippen molar-refractivity contribution in [2.75, 3.05) is 20.3 Å². The zero-order valence-electron chi connectivity index (χ0n) is 10.2. The average Bonchev–Trinajstić information content (AvgIpc) is 2.64. The molecule has 0 spiro atoms. The number of hydrogen-bond acceptors (Lipinski definition) is 4. The number of hydrazine groups is 1. The smallest absolute Gasteiger partial charge is 0.206 e. The highest BCUT2D eigenvalue weighted by atomic mass is 16.5. The highest BCUT2D eigenvalue weighted by Crippen LogP contribution is 2.15.